The van der Waals surface area contributed by atoms with Crippen LogP contribution >= 0.6 is 0 Å². The lowest BCUT2D eigenvalue weighted by Crippen LogP contribution is -2.46. The smallest absolute Gasteiger partial charge is 0.255 e. The standard InChI is InChI=1S/C24H33N3O2/c1-4-6-17-29-22-10-7-20(8-11-22)24(28)25-21-9-12-23(19(3)18-21)27-15-13-26(5-2)14-16-27/h7-12,18H,4-6,13-17H2,1-3H3,(H,25,28). The van der Waals surface area contributed by atoms with Crippen LogP contribution < -0.4 is 15.0 Å². The zero-order valence-electron chi connectivity index (χ0n) is 17.9. The van der Waals surface area contributed by atoms with Gasteiger partial charge in [0.1, 0.15) is 5.75 Å². The molecule has 0 aromatic heterocycles. The quantitative estimate of drug-likeness (QED) is 0.665. The molecule has 5 heteroatoms. The lowest BCUT2D eigenvalue weighted by molar-refractivity contribution is 0.102. The van der Waals surface area contributed by atoms with E-state index in [9.17, 15) is 4.79 Å². The normalized spacial score (nSPS) is 14.7. The number of anilines is 2. The summed E-state index contributed by atoms with van der Waals surface area (Å²) in [6.07, 6.45) is 2.14. The number of ether oxygens (including phenoxy) is 1. The third-order valence-corrected chi connectivity index (χ3v) is 5.50. The summed E-state index contributed by atoms with van der Waals surface area (Å²) < 4.78 is 5.66. The minimum absolute atomic E-state index is 0.103. The minimum Gasteiger partial charge on any atom is -0.494 e. The molecule has 1 aliphatic heterocycles. The second-order valence-corrected chi connectivity index (χ2v) is 7.60. The Kier molecular flexibility index (Phi) is 7.53. The van der Waals surface area contributed by atoms with E-state index in [1.165, 1.54) is 11.3 Å². The fraction of sp³-hybridized carbons (Fsp3) is 0.458. The Labute approximate surface area is 174 Å². The first-order valence-corrected chi connectivity index (χ1v) is 10.7. The van der Waals surface area contributed by atoms with E-state index in [0.29, 0.717) is 12.2 Å². The number of nitrogens with one attached hydrogen (secondary N) is 1. The number of hydrogen-bond acceptors (Lipinski definition) is 4. The van der Waals surface area contributed by atoms with Gasteiger partial charge in [-0.05, 0) is 67.9 Å². The van der Waals surface area contributed by atoms with E-state index in [2.05, 4.69) is 48.0 Å². The van der Waals surface area contributed by atoms with Crippen LogP contribution in [0.15, 0.2) is 42.5 Å². The molecule has 1 N–H and O–H groups in total. The fourth-order valence-corrected chi connectivity index (χ4v) is 3.63. The van der Waals surface area contributed by atoms with Gasteiger partial charge in [0.05, 0.1) is 6.61 Å². The van der Waals surface area contributed by atoms with Gasteiger partial charge in [-0.2, -0.15) is 0 Å². The van der Waals surface area contributed by atoms with Gasteiger partial charge in [-0.25, -0.2) is 0 Å². The highest BCUT2D eigenvalue weighted by molar-refractivity contribution is 6.04. The van der Waals surface area contributed by atoms with Crippen molar-refractivity contribution < 1.29 is 9.53 Å². The maximum absolute atomic E-state index is 12.6. The third kappa shape index (κ3) is 5.73. The lowest BCUT2D eigenvalue weighted by atomic mass is 10.1. The first-order chi connectivity index (χ1) is 14.1. The topological polar surface area (TPSA) is 44.8 Å². The number of carbonyl (C=O) groups is 1. The molecule has 0 unspecified atom stereocenters. The molecule has 29 heavy (non-hydrogen) atoms. The summed E-state index contributed by atoms with van der Waals surface area (Å²) in [4.78, 5) is 17.5. The second kappa shape index (κ2) is 10.3. The maximum atomic E-state index is 12.6. The average Bonchev–Trinajstić information content (AvgIpc) is 2.75. The largest absolute Gasteiger partial charge is 0.494 e. The first kappa shape index (κ1) is 21.2. The summed E-state index contributed by atoms with van der Waals surface area (Å²) in [6, 6.07) is 13.5. The molecule has 156 valence electrons. The number of carbonyl (C=O) groups excluding carboxylic acids is 1. The Hall–Kier alpha value is -2.53. The van der Waals surface area contributed by atoms with Crippen LogP contribution in [0.5, 0.6) is 5.75 Å². The lowest BCUT2D eigenvalue weighted by Gasteiger charge is -2.36. The van der Waals surface area contributed by atoms with Gasteiger partial charge in [-0.1, -0.05) is 20.3 Å². The number of aryl methyl sites for hydroxylation is 1. The van der Waals surface area contributed by atoms with Crippen LogP contribution in [0.4, 0.5) is 11.4 Å². The number of nitrogens with zero attached hydrogens (tertiary/aromatic N) is 2. The molecule has 1 aliphatic rings. The summed E-state index contributed by atoms with van der Waals surface area (Å²) in [7, 11) is 0. The molecule has 1 amide bonds. The van der Waals surface area contributed by atoms with Crippen LogP contribution in [0.2, 0.25) is 0 Å². The van der Waals surface area contributed by atoms with Crippen molar-refractivity contribution in [2.45, 2.75) is 33.6 Å². The van der Waals surface area contributed by atoms with Gasteiger partial charge in [0.25, 0.3) is 5.91 Å². The van der Waals surface area contributed by atoms with Crippen molar-refractivity contribution in [1.82, 2.24) is 4.90 Å². The van der Waals surface area contributed by atoms with E-state index in [1.54, 1.807) is 0 Å². The van der Waals surface area contributed by atoms with Gasteiger partial charge in [0.15, 0.2) is 0 Å². The van der Waals surface area contributed by atoms with Crippen molar-refractivity contribution in [3.8, 4) is 5.75 Å². The summed E-state index contributed by atoms with van der Waals surface area (Å²) in [6.45, 7) is 12.6. The van der Waals surface area contributed by atoms with Crippen molar-refractivity contribution in [2.75, 3.05) is 49.5 Å². The van der Waals surface area contributed by atoms with Crippen LogP contribution in [-0.4, -0.2) is 50.1 Å². The molecule has 5 nitrogen and oxygen atoms in total. The van der Waals surface area contributed by atoms with E-state index >= 15 is 0 Å². The molecule has 1 saturated heterocycles. The van der Waals surface area contributed by atoms with E-state index in [0.717, 1.165) is 57.0 Å². The summed E-state index contributed by atoms with van der Waals surface area (Å²) in [5.74, 6) is 0.701. The number of piperazine rings is 1. The third-order valence-electron chi connectivity index (χ3n) is 5.50. The van der Waals surface area contributed by atoms with Crippen LogP contribution in [0, 0.1) is 6.92 Å². The van der Waals surface area contributed by atoms with Crippen LogP contribution in [0.1, 0.15) is 42.6 Å². The Morgan fingerprint density at radius 1 is 1.03 bits per heavy atom. The van der Waals surface area contributed by atoms with Gasteiger partial charge in [-0.3, -0.25) is 4.79 Å². The van der Waals surface area contributed by atoms with Crippen LogP contribution in [-0.2, 0) is 0 Å². The predicted molar refractivity (Wildman–Crippen MR) is 120 cm³/mol. The van der Waals surface area contributed by atoms with Crippen molar-refractivity contribution >= 4 is 17.3 Å². The molecule has 3 rings (SSSR count). The Bertz CT molecular complexity index is 796. The van der Waals surface area contributed by atoms with Crippen molar-refractivity contribution in [2.24, 2.45) is 0 Å². The van der Waals surface area contributed by atoms with Crippen LogP contribution in [0.3, 0.4) is 0 Å². The highest BCUT2D eigenvalue weighted by Gasteiger charge is 2.17. The van der Waals surface area contributed by atoms with Crippen molar-refractivity contribution in [3.63, 3.8) is 0 Å². The molecule has 1 heterocycles. The number of hydrogen-bond donors (Lipinski definition) is 1. The van der Waals surface area contributed by atoms with E-state index < -0.39 is 0 Å². The number of amides is 1. The second-order valence-electron chi connectivity index (χ2n) is 7.60. The fourth-order valence-electron chi connectivity index (χ4n) is 3.63. The summed E-state index contributed by atoms with van der Waals surface area (Å²) in [5, 5.41) is 3.01. The maximum Gasteiger partial charge on any atom is 0.255 e. The Morgan fingerprint density at radius 3 is 2.38 bits per heavy atom. The molecular formula is C24H33N3O2. The average molecular weight is 396 g/mol. The number of unbranched alkanes of at least 4 members (excludes halogenated alkanes) is 1. The molecule has 0 radical (unpaired) electrons. The van der Waals surface area contributed by atoms with Crippen molar-refractivity contribution in [1.29, 1.82) is 0 Å². The molecule has 1 fully saturated rings. The Morgan fingerprint density at radius 2 is 1.76 bits per heavy atom. The zero-order chi connectivity index (χ0) is 20.6. The van der Waals surface area contributed by atoms with Gasteiger partial charge in [-0.15, -0.1) is 0 Å². The number of benzene rings is 2. The van der Waals surface area contributed by atoms with E-state index in [4.69, 9.17) is 4.74 Å². The number of rotatable bonds is 8. The molecule has 2 aromatic carbocycles. The van der Waals surface area contributed by atoms with E-state index in [1.807, 2.05) is 30.3 Å². The minimum atomic E-state index is -0.103. The van der Waals surface area contributed by atoms with Crippen molar-refractivity contribution in [3.05, 3.63) is 53.6 Å². The van der Waals surface area contributed by atoms with Gasteiger partial charge < -0.3 is 19.9 Å². The molecule has 0 spiro atoms. The molecule has 0 bridgehead atoms. The highest BCUT2D eigenvalue weighted by Crippen LogP contribution is 2.25. The van der Waals surface area contributed by atoms with Gasteiger partial charge in [0, 0.05) is 43.1 Å². The zero-order valence-corrected chi connectivity index (χ0v) is 17.9. The molecule has 0 atom stereocenters. The molecule has 0 saturated carbocycles. The van der Waals surface area contributed by atoms with E-state index in [-0.39, 0.29) is 5.91 Å². The highest BCUT2D eigenvalue weighted by atomic mass is 16.5. The SMILES string of the molecule is CCCCOc1ccc(C(=O)Nc2ccc(N3CCN(CC)CC3)c(C)c2)cc1. The monoisotopic (exact) mass is 395 g/mol. The summed E-state index contributed by atoms with van der Waals surface area (Å²) in [5.41, 5.74) is 3.90. The Balaban J connectivity index is 1.58. The van der Waals surface area contributed by atoms with Gasteiger partial charge in [0.2, 0.25) is 0 Å². The summed E-state index contributed by atoms with van der Waals surface area (Å²) >= 11 is 0. The molecule has 0 aliphatic carbocycles. The van der Waals surface area contributed by atoms with Crippen LogP contribution in [0.25, 0.3) is 0 Å². The molecular weight excluding hydrogens is 362 g/mol. The first-order valence-electron chi connectivity index (χ1n) is 10.7. The van der Waals surface area contributed by atoms with Gasteiger partial charge >= 0.3 is 0 Å². The number of likely N-dealkylation sites (N-methyl/N-ethyl adjacent to an activating group) is 1. The molecule has 2 aromatic rings. The predicted octanol–water partition coefficient (Wildman–Crippen LogP) is 4.57.